The van der Waals surface area contributed by atoms with E-state index >= 15 is 0 Å². The molecule has 1 amide bonds. The van der Waals surface area contributed by atoms with Crippen molar-refractivity contribution in [2.24, 2.45) is 0 Å². The van der Waals surface area contributed by atoms with Crippen LogP contribution in [0.5, 0.6) is 0 Å². The molecule has 2 aromatic carbocycles. The van der Waals surface area contributed by atoms with Crippen LogP contribution in [0.4, 0.5) is 5.69 Å². The molecular weight excluding hydrogens is 420 g/mol. The van der Waals surface area contributed by atoms with Crippen molar-refractivity contribution in [2.45, 2.75) is 45.4 Å². The summed E-state index contributed by atoms with van der Waals surface area (Å²) in [6.45, 7) is 3.65. The number of quaternary nitrogens is 1. The second-order valence-corrected chi connectivity index (χ2v) is 9.40. The minimum Gasteiger partial charge on any atom is -0.321 e. The Morgan fingerprint density at radius 1 is 0.906 bits per heavy atom. The van der Waals surface area contributed by atoms with Crippen molar-refractivity contribution in [1.82, 2.24) is 0 Å². The van der Waals surface area contributed by atoms with Gasteiger partial charge in [-0.25, -0.2) is 0 Å². The SMILES string of the molecule is CCCCCCCC[N+](C)(C)CC(=O)Nc1ccc(C(=O)/C=C/c2ccc(Cl)cc2)cc1. The molecule has 0 aliphatic rings. The summed E-state index contributed by atoms with van der Waals surface area (Å²) in [7, 11) is 4.20. The smallest absolute Gasteiger partial charge is 0.279 e. The maximum Gasteiger partial charge on any atom is 0.279 e. The Balaban J connectivity index is 1.80. The second kappa shape index (κ2) is 13.2. The van der Waals surface area contributed by atoms with E-state index in [2.05, 4.69) is 26.3 Å². The molecule has 0 heterocycles. The van der Waals surface area contributed by atoms with Crippen LogP contribution in [0, 0.1) is 0 Å². The van der Waals surface area contributed by atoms with Crippen LogP contribution in [0.3, 0.4) is 0 Å². The van der Waals surface area contributed by atoms with Crippen LogP contribution in [0.25, 0.3) is 6.08 Å². The predicted molar refractivity (Wildman–Crippen MR) is 135 cm³/mol. The first kappa shape index (κ1) is 25.8. The van der Waals surface area contributed by atoms with E-state index in [9.17, 15) is 9.59 Å². The van der Waals surface area contributed by atoms with Gasteiger partial charge in [0.05, 0.1) is 20.6 Å². The number of likely N-dealkylation sites (N-methyl/N-ethyl adjacent to an activating group) is 1. The van der Waals surface area contributed by atoms with Gasteiger partial charge in [0.25, 0.3) is 5.91 Å². The Morgan fingerprint density at radius 3 is 2.19 bits per heavy atom. The van der Waals surface area contributed by atoms with Crippen molar-refractivity contribution >= 4 is 35.1 Å². The highest BCUT2D eigenvalue weighted by atomic mass is 35.5. The standard InChI is InChI=1S/C27H35ClN2O2/c1-4-5-6-7-8-9-20-30(2,3)21-27(32)29-25-17-13-23(14-18-25)26(31)19-12-22-10-15-24(28)16-11-22/h10-19H,4-9,20-21H2,1-3H3/p+1/b19-12+. The van der Waals surface area contributed by atoms with Crippen LogP contribution in [0.2, 0.25) is 5.02 Å². The molecule has 0 fully saturated rings. The molecule has 0 unspecified atom stereocenters. The third-order valence-electron chi connectivity index (χ3n) is 5.44. The van der Waals surface area contributed by atoms with E-state index in [4.69, 9.17) is 11.6 Å². The first-order valence-corrected chi connectivity index (χ1v) is 11.9. The molecule has 0 atom stereocenters. The fourth-order valence-electron chi connectivity index (χ4n) is 3.55. The number of hydrogen-bond donors (Lipinski definition) is 1. The number of anilines is 1. The number of unbranched alkanes of at least 4 members (excludes halogenated alkanes) is 5. The maximum atomic E-state index is 12.5. The molecule has 32 heavy (non-hydrogen) atoms. The maximum absolute atomic E-state index is 12.5. The topological polar surface area (TPSA) is 46.2 Å². The van der Waals surface area contributed by atoms with E-state index in [0.29, 0.717) is 27.3 Å². The van der Waals surface area contributed by atoms with Gasteiger partial charge >= 0.3 is 0 Å². The summed E-state index contributed by atoms with van der Waals surface area (Å²) in [4.78, 5) is 24.9. The third kappa shape index (κ3) is 9.80. The average Bonchev–Trinajstić information content (AvgIpc) is 2.75. The zero-order valence-corrected chi connectivity index (χ0v) is 20.3. The molecule has 0 bridgehead atoms. The molecular formula is C27H36ClN2O2+. The predicted octanol–water partition coefficient (Wildman–Crippen LogP) is 6.61. The Labute approximate surface area is 197 Å². The zero-order valence-electron chi connectivity index (χ0n) is 19.6. The van der Waals surface area contributed by atoms with Crippen LogP contribution in [0.15, 0.2) is 54.6 Å². The molecule has 5 heteroatoms. The summed E-state index contributed by atoms with van der Waals surface area (Å²) in [6, 6.07) is 14.3. The van der Waals surface area contributed by atoms with E-state index in [1.807, 2.05) is 12.1 Å². The average molecular weight is 456 g/mol. The Kier molecular flexibility index (Phi) is 10.6. The first-order chi connectivity index (χ1) is 15.3. The highest BCUT2D eigenvalue weighted by Gasteiger charge is 2.19. The summed E-state index contributed by atoms with van der Waals surface area (Å²) in [5, 5.41) is 3.61. The summed E-state index contributed by atoms with van der Waals surface area (Å²) in [5.41, 5.74) is 2.19. The highest BCUT2D eigenvalue weighted by Crippen LogP contribution is 2.14. The number of nitrogens with one attached hydrogen (secondary N) is 1. The number of amides is 1. The number of rotatable bonds is 13. The quantitative estimate of drug-likeness (QED) is 0.160. The lowest BCUT2D eigenvalue weighted by Crippen LogP contribution is -2.46. The lowest BCUT2D eigenvalue weighted by Gasteiger charge is -2.29. The van der Waals surface area contributed by atoms with E-state index in [1.54, 1.807) is 48.6 Å². The van der Waals surface area contributed by atoms with Crippen molar-refractivity contribution < 1.29 is 14.1 Å². The van der Waals surface area contributed by atoms with E-state index in [-0.39, 0.29) is 11.7 Å². The van der Waals surface area contributed by atoms with Gasteiger partial charge < -0.3 is 9.80 Å². The number of halogens is 1. The second-order valence-electron chi connectivity index (χ2n) is 8.96. The molecule has 172 valence electrons. The van der Waals surface area contributed by atoms with Gasteiger partial charge in [0, 0.05) is 16.3 Å². The number of ketones is 1. The number of nitrogens with zero attached hydrogens (tertiary/aromatic N) is 1. The van der Waals surface area contributed by atoms with Gasteiger partial charge in [0.15, 0.2) is 12.3 Å². The number of hydrogen-bond acceptors (Lipinski definition) is 2. The van der Waals surface area contributed by atoms with Gasteiger partial charge in [0.1, 0.15) is 0 Å². The molecule has 0 aliphatic heterocycles. The summed E-state index contributed by atoms with van der Waals surface area (Å²) >= 11 is 5.88. The number of benzene rings is 2. The third-order valence-corrected chi connectivity index (χ3v) is 5.69. The van der Waals surface area contributed by atoms with Crippen LogP contribution in [0.1, 0.15) is 61.4 Å². The molecule has 0 aromatic heterocycles. The van der Waals surface area contributed by atoms with Gasteiger partial charge in [-0.05, 0) is 60.9 Å². The Bertz CT molecular complexity index is 887. The molecule has 2 aromatic rings. The van der Waals surface area contributed by atoms with Gasteiger partial charge in [-0.3, -0.25) is 9.59 Å². The minimum atomic E-state index is -0.0884. The molecule has 0 radical (unpaired) electrons. The molecule has 4 nitrogen and oxygen atoms in total. The Morgan fingerprint density at radius 2 is 1.53 bits per heavy atom. The molecule has 0 spiro atoms. The van der Waals surface area contributed by atoms with E-state index < -0.39 is 0 Å². The van der Waals surface area contributed by atoms with Crippen molar-refractivity contribution in [3.63, 3.8) is 0 Å². The molecule has 0 saturated heterocycles. The van der Waals surface area contributed by atoms with Crippen molar-refractivity contribution in [1.29, 1.82) is 0 Å². The van der Waals surface area contributed by atoms with Crippen LogP contribution < -0.4 is 5.32 Å². The number of allylic oxidation sites excluding steroid dienone is 1. The molecule has 0 saturated carbocycles. The van der Waals surface area contributed by atoms with Crippen LogP contribution in [-0.4, -0.2) is 43.4 Å². The monoisotopic (exact) mass is 455 g/mol. The van der Waals surface area contributed by atoms with Crippen molar-refractivity contribution in [3.8, 4) is 0 Å². The van der Waals surface area contributed by atoms with Gasteiger partial charge in [-0.15, -0.1) is 0 Å². The summed E-state index contributed by atoms with van der Waals surface area (Å²) in [6.07, 6.45) is 10.8. The lowest BCUT2D eigenvalue weighted by atomic mass is 10.1. The van der Waals surface area contributed by atoms with Gasteiger partial charge in [-0.1, -0.05) is 62.4 Å². The molecule has 0 aliphatic carbocycles. The normalized spacial score (nSPS) is 11.6. The highest BCUT2D eigenvalue weighted by molar-refractivity contribution is 6.30. The molecule has 1 N–H and O–H groups in total. The Hall–Kier alpha value is -2.43. The van der Waals surface area contributed by atoms with Crippen LogP contribution >= 0.6 is 11.6 Å². The summed E-state index contributed by atoms with van der Waals surface area (Å²) < 4.78 is 0.672. The number of carbonyl (C=O) groups excluding carboxylic acids is 2. The minimum absolute atomic E-state index is 0.0114. The zero-order chi connectivity index (χ0) is 23.4. The van der Waals surface area contributed by atoms with Crippen LogP contribution in [-0.2, 0) is 4.79 Å². The van der Waals surface area contributed by atoms with E-state index in [1.165, 1.54) is 32.1 Å². The van der Waals surface area contributed by atoms with Gasteiger partial charge in [-0.2, -0.15) is 0 Å². The molecule has 2 rings (SSSR count). The summed E-state index contributed by atoms with van der Waals surface area (Å²) in [5.74, 6) is -0.0998. The van der Waals surface area contributed by atoms with Crippen molar-refractivity contribution in [2.75, 3.05) is 32.5 Å². The fourth-order valence-corrected chi connectivity index (χ4v) is 3.67. The van der Waals surface area contributed by atoms with Crippen molar-refractivity contribution in [3.05, 3.63) is 70.8 Å². The largest absolute Gasteiger partial charge is 0.321 e. The van der Waals surface area contributed by atoms with E-state index in [0.717, 1.165) is 18.5 Å². The number of carbonyl (C=O) groups is 2. The van der Waals surface area contributed by atoms with Gasteiger partial charge in [0.2, 0.25) is 0 Å². The lowest BCUT2D eigenvalue weighted by molar-refractivity contribution is -0.882. The fraction of sp³-hybridized carbons (Fsp3) is 0.407. The first-order valence-electron chi connectivity index (χ1n) is 11.5.